The Morgan fingerprint density at radius 1 is 1.26 bits per heavy atom. The van der Waals surface area contributed by atoms with E-state index in [1.165, 1.54) is 0 Å². The summed E-state index contributed by atoms with van der Waals surface area (Å²) in [7, 11) is -1.84. The largest absolute Gasteiger partial charge is 0.707 e. The summed E-state index contributed by atoms with van der Waals surface area (Å²) in [6.07, 6.45) is 3.40. The minimum Gasteiger partial charge on any atom is -0.512 e. The molecule has 23 heavy (non-hydrogen) atoms. The number of carbonyl (C=O) groups is 1. The fraction of sp³-hybridized carbons (Fsp3) is 0.0714. The van der Waals surface area contributed by atoms with Crippen LogP contribution in [0.15, 0.2) is 42.7 Å². The van der Waals surface area contributed by atoms with Crippen molar-refractivity contribution in [1.29, 1.82) is 0 Å². The number of nitrogens with zero attached hydrogens (tertiary/aromatic N) is 3. The minimum absolute atomic E-state index is 0.0145. The van der Waals surface area contributed by atoms with Gasteiger partial charge in [-0.2, -0.15) is 0 Å². The molecule has 1 amide bonds. The molecule has 9 heteroatoms. The summed E-state index contributed by atoms with van der Waals surface area (Å²) in [6, 6.07) is 8.68. The van der Waals surface area contributed by atoms with Gasteiger partial charge in [0.15, 0.2) is 0 Å². The van der Waals surface area contributed by atoms with E-state index >= 15 is 0 Å². The third-order valence-corrected chi connectivity index (χ3v) is 3.26. The van der Waals surface area contributed by atoms with Crippen LogP contribution in [-0.2, 0) is 6.54 Å². The van der Waals surface area contributed by atoms with Crippen LogP contribution in [0.4, 0.5) is 0 Å². The van der Waals surface area contributed by atoms with E-state index in [0.717, 1.165) is 11.1 Å². The SMILES string of the molecule is NC(=O)c1ncc2c(ccn2Cc2ccc(OB(O)O)cc2)n1. The van der Waals surface area contributed by atoms with Crippen molar-refractivity contribution in [2.45, 2.75) is 6.54 Å². The van der Waals surface area contributed by atoms with E-state index in [2.05, 4.69) is 9.97 Å². The van der Waals surface area contributed by atoms with Crippen LogP contribution in [0.2, 0.25) is 0 Å². The lowest BCUT2D eigenvalue weighted by molar-refractivity contribution is 0.0990. The molecule has 4 N–H and O–H groups in total. The lowest BCUT2D eigenvalue weighted by atomic mass is 10.2. The molecule has 0 saturated carbocycles. The quantitative estimate of drug-likeness (QED) is 0.566. The second kappa shape index (κ2) is 6.07. The lowest BCUT2D eigenvalue weighted by Crippen LogP contribution is -2.20. The van der Waals surface area contributed by atoms with Crippen LogP contribution >= 0.6 is 0 Å². The van der Waals surface area contributed by atoms with Gasteiger partial charge in [-0.25, -0.2) is 9.97 Å². The van der Waals surface area contributed by atoms with Crippen LogP contribution in [0.3, 0.4) is 0 Å². The number of nitrogens with two attached hydrogens (primary N) is 1. The molecule has 0 aliphatic heterocycles. The molecular formula is C14H13BN4O4. The highest BCUT2D eigenvalue weighted by Gasteiger charge is 2.11. The number of amides is 1. The first-order chi connectivity index (χ1) is 11.0. The third kappa shape index (κ3) is 3.30. The van der Waals surface area contributed by atoms with Gasteiger partial charge in [0.2, 0.25) is 5.82 Å². The van der Waals surface area contributed by atoms with Crippen molar-refractivity contribution < 1.29 is 19.5 Å². The van der Waals surface area contributed by atoms with Crippen LogP contribution in [0.5, 0.6) is 5.75 Å². The number of hydrogen-bond acceptors (Lipinski definition) is 6. The number of primary amides is 1. The Bertz CT molecular complexity index is 848. The van der Waals surface area contributed by atoms with Crippen molar-refractivity contribution in [3.63, 3.8) is 0 Å². The van der Waals surface area contributed by atoms with E-state index in [-0.39, 0.29) is 5.82 Å². The molecule has 0 unspecified atom stereocenters. The maximum atomic E-state index is 11.1. The maximum absolute atomic E-state index is 11.1. The molecule has 0 bridgehead atoms. The zero-order chi connectivity index (χ0) is 16.4. The first-order valence-corrected chi connectivity index (χ1v) is 6.76. The van der Waals surface area contributed by atoms with Crippen LogP contribution in [0, 0.1) is 0 Å². The predicted molar refractivity (Wildman–Crippen MR) is 82.4 cm³/mol. The second-order valence-corrected chi connectivity index (χ2v) is 4.86. The minimum atomic E-state index is -1.84. The number of hydrogen-bond donors (Lipinski definition) is 3. The summed E-state index contributed by atoms with van der Waals surface area (Å²) in [5.41, 5.74) is 7.55. The van der Waals surface area contributed by atoms with E-state index in [9.17, 15) is 4.79 Å². The van der Waals surface area contributed by atoms with Crippen molar-refractivity contribution >= 4 is 24.3 Å². The van der Waals surface area contributed by atoms with Crippen LogP contribution in [-0.4, -0.2) is 37.8 Å². The van der Waals surface area contributed by atoms with Crippen LogP contribution in [0.25, 0.3) is 11.0 Å². The molecule has 3 aromatic rings. The summed E-state index contributed by atoms with van der Waals surface area (Å²) in [6.45, 7) is 0.560. The molecule has 2 aromatic heterocycles. The maximum Gasteiger partial charge on any atom is 0.707 e. The van der Waals surface area contributed by atoms with E-state index in [1.807, 2.05) is 22.9 Å². The fourth-order valence-electron chi connectivity index (χ4n) is 2.22. The molecule has 1 aromatic carbocycles. The molecular weight excluding hydrogens is 299 g/mol. The highest BCUT2D eigenvalue weighted by atomic mass is 16.6. The summed E-state index contributed by atoms with van der Waals surface area (Å²) < 4.78 is 6.68. The van der Waals surface area contributed by atoms with Gasteiger partial charge in [-0.15, -0.1) is 0 Å². The highest BCUT2D eigenvalue weighted by molar-refractivity contribution is 6.33. The number of rotatable bonds is 5. The number of carbonyl (C=O) groups excluding carboxylic acids is 1. The molecule has 0 aliphatic rings. The Kier molecular flexibility index (Phi) is 3.96. The van der Waals surface area contributed by atoms with Crippen molar-refractivity contribution in [3.05, 3.63) is 54.1 Å². The topological polar surface area (TPSA) is 123 Å². The van der Waals surface area contributed by atoms with Gasteiger partial charge in [-0.3, -0.25) is 4.79 Å². The van der Waals surface area contributed by atoms with Gasteiger partial charge in [0.25, 0.3) is 5.91 Å². The molecule has 0 atom stereocenters. The van der Waals surface area contributed by atoms with Crippen LogP contribution in [0.1, 0.15) is 16.2 Å². The molecule has 3 rings (SSSR count). The number of benzene rings is 1. The third-order valence-electron chi connectivity index (χ3n) is 3.26. The zero-order valence-corrected chi connectivity index (χ0v) is 12.0. The number of aromatic nitrogens is 3. The summed E-state index contributed by atoms with van der Waals surface area (Å²) in [4.78, 5) is 19.1. The molecule has 2 heterocycles. The molecule has 0 fully saturated rings. The Labute approximate surface area is 131 Å². The van der Waals surface area contributed by atoms with Crippen molar-refractivity contribution in [2.75, 3.05) is 0 Å². The normalized spacial score (nSPS) is 10.7. The monoisotopic (exact) mass is 312 g/mol. The first kappa shape index (κ1) is 15.0. The Balaban J connectivity index is 1.82. The van der Waals surface area contributed by atoms with Gasteiger partial charge in [0, 0.05) is 12.7 Å². The average Bonchev–Trinajstić information content (AvgIpc) is 2.91. The highest BCUT2D eigenvalue weighted by Crippen LogP contribution is 2.17. The lowest BCUT2D eigenvalue weighted by Gasteiger charge is -2.08. The van der Waals surface area contributed by atoms with Gasteiger partial charge in [-0.1, -0.05) is 12.1 Å². The van der Waals surface area contributed by atoms with E-state index in [0.29, 0.717) is 17.8 Å². The van der Waals surface area contributed by atoms with Gasteiger partial charge in [0.1, 0.15) is 5.75 Å². The second-order valence-electron chi connectivity index (χ2n) is 4.86. The molecule has 8 nitrogen and oxygen atoms in total. The van der Waals surface area contributed by atoms with Gasteiger partial charge in [-0.05, 0) is 23.8 Å². The standard InChI is InChI=1S/C14H13BN4O4/c16-13(20)14-17-7-12-11(18-14)5-6-19(12)8-9-1-3-10(4-2-9)23-15(21)22/h1-7,21-22H,8H2,(H2,16,20). The Hall–Kier alpha value is -2.91. The molecule has 0 radical (unpaired) electrons. The summed E-state index contributed by atoms with van der Waals surface area (Å²) in [5, 5.41) is 17.5. The summed E-state index contributed by atoms with van der Waals surface area (Å²) in [5.74, 6) is -0.323. The van der Waals surface area contributed by atoms with E-state index in [1.54, 1.807) is 24.4 Å². The average molecular weight is 312 g/mol. The van der Waals surface area contributed by atoms with Crippen molar-refractivity contribution in [1.82, 2.24) is 14.5 Å². The first-order valence-electron chi connectivity index (χ1n) is 6.76. The van der Waals surface area contributed by atoms with Gasteiger partial charge in [0.05, 0.1) is 17.2 Å². The van der Waals surface area contributed by atoms with Crippen LogP contribution < -0.4 is 10.4 Å². The molecule has 0 aliphatic carbocycles. The molecule has 0 saturated heterocycles. The summed E-state index contributed by atoms with van der Waals surface area (Å²) >= 11 is 0. The fourth-order valence-corrected chi connectivity index (χ4v) is 2.22. The molecule has 116 valence electrons. The van der Waals surface area contributed by atoms with Gasteiger partial charge < -0.3 is 25.0 Å². The van der Waals surface area contributed by atoms with E-state index < -0.39 is 13.2 Å². The zero-order valence-electron chi connectivity index (χ0n) is 12.0. The van der Waals surface area contributed by atoms with Crippen molar-refractivity contribution in [3.8, 4) is 5.75 Å². The Morgan fingerprint density at radius 2 is 2.00 bits per heavy atom. The van der Waals surface area contributed by atoms with E-state index in [4.69, 9.17) is 20.4 Å². The number of fused-ring (bicyclic) bond motifs is 1. The van der Waals surface area contributed by atoms with Gasteiger partial charge >= 0.3 is 7.32 Å². The Morgan fingerprint density at radius 3 is 2.65 bits per heavy atom. The smallest absolute Gasteiger partial charge is 0.512 e. The molecule has 0 spiro atoms. The van der Waals surface area contributed by atoms with Crippen molar-refractivity contribution in [2.24, 2.45) is 5.73 Å². The predicted octanol–water partition coefficient (Wildman–Crippen LogP) is -0.0732.